The SMILES string of the molecule is CC#C[C@]1(O)CC2=C(c3ccc(O)cc3CC2)[C@@H](Cc2ccccc2)C1. The zero-order chi connectivity index (χ0) is 18.1. The maximum atomic E-state index is 11.1. The number of aromatic hydroxyl groups is 1. The molecule has 0 amide bonds. The Bertz CT molecular complexity index is 914. The molecule has 26 heavy (non-hydrogen) atoms. The minimum absolute atomic E-state index is 0.232. The van der Waals surface area contributed by atoms with Crippen LogP contribution < -0.4 is 0 Å². The van der Waals surface area contributed by atoms with Crippen molar-refractivity contribution in [3.05, 3.63) is 70.8 Å². The van der Waals surface area contributed by atoms with E-state index in [4.69, 9.17) is 0 Å². The average Bonchev–Trinajstić information content (AvgIpc) is 2.62. The predicted octanol–water partition coefficient (Wildman–Crippen LogP) is 4.50. The molecule has 0 saturated carbocycles. The molecule has 0 spiro atoms. The molecule has 2 N–H and O–H groups in total. The van der Waals surface area contributed by atoms with Crippen molar-refractivity contribution in [2.75, 3.05) is 0 Å². The minimum Gasteiger partial charge on any atom is -0.508 e. The molecule has 2 aromatic rings. The molecule has 2 aliphatic rings. The third-order valence-electron chi connectivity index (χ3n) is 5.64. The van der Waals surface area contributed by atoms with E-state index in [-0.39, 0.29) is 5.92 Å². The molecule has 0 bridgehead atoms. The lowest BCUT2D eigenvalue weighted by Gasteiger charge is -2.40. The number of allylic oxidation sites excluding steroid dienone is 1. The van der Waals surface area contributed by atoms with Crippen molar-refractivity contribution < 1.29 is 10.2 Å². The van der Waals surface area contributed by atoms with Crippen molar-refractivity contribution in [1.82, 2.24) is 0 Å². The first-order chi connectivity index (χ1) is 12.6. The number of aliphatic hydroxyl groups is 1. The van der Waals surface area contributed by atoms with E-state index in [0.717, 1.165) is 19.3 Å². The number of benzene rings is 2. The van der Waals surface area contributed by atoms with Gasteiger partial charge in [0, 0.05) is 6.42 Å². The molecule has 0 heterocycles. The minimum atomic E-state index is -0.929. The Balaban J connectivity index is 1.80. The first-order valence-corrected chi connectivity index (χ1v) is 9.32. The fourth-order valence-electron chi connectivity index (χ4n) is 4.69. The van der Waals surface area contributed by atoms with Crippen LogP contribution in [0, 0.1) is 17.8 Å². The summed E-state index contributed by atoms with van der Waals surface area (Å²) in [5, 5.41) is 21.0. The van der Waals surface area contributed by atoms with E-state index in [9.17, 15) is 10.2 Å². The van der Waals surface area contributed by atoms with Crippen LogP contribution in [0.1, 0.15) is 42.9 Å². The number of phenols is 1. The van der Waals surface area contributed by atoms with Gasteiger partial charge in [-0.15, -0.1) is 5.92 Å². The predicted molar refractivity (Wildman–Crippen MR) is 105 cm³/mol. The summed E-state index contributed by atoms with van der Waals surface area (Å²) in [6, 6.07) is 16.2. The normalized spacial score (nSPS) is 24.3. The molecule has 0 saturated heterocycles. The third kappa shape index (κ3) is 3.16. The van der Waals surface area contributed by atoms with Gasteiger partial charge in [-0.3, -0.25) is 0 Å². The third-order valence-corrected chi connectivity index (χ3v) is 5.64. The molecule has 0 fully saturated rings. The van der Waals surface area contributed by atoms with Crippen molar-refractivity contribution >= 4 is 5.57 Å². The molecule has 2 aromatic carbocycles. The smallest absolute Gasteiger partial charge is 0.129 e. The zero-order valence-electron chi connectivity index (χ0n) is 15.1. The van der Waals surface area contributed by atoms with Gasteiger partial charge in [0.25, 0.3) is 0 Å². The summed E-state index contributed by atoms with van der Waals surface area (Å²) in [4.78, 5) is 0. The van der Waals surface area contributed by atoms with Gasteiger partial charge < -0.3 is 10.2 Å². The van der Waals surface area contributed by atoms with Crippen LogP contribution >= 0.6 is 0 Å². The van der Waals surface area contributed by atoms with E-state index in [1.807, 2.05) is 18.2 Å². The Hall–Kier alpha value is -2.50. The topological polar surface area (TPSA) is 40.5 Å². The molecule has 0 aliphatic heterocycles. The van der Waals surface area contributed by atoms with E-state index in [1.165, 1.54) is 27.8 Å². The summed E-state index contributed by atoms with van der Waals surface area (Å²) in [5.74, 6) is 6.57. The van der Waals surface area contributed by atoms with Gasteiger partial charge in [0.05, 0.1) is 0 Å². The molecule has 2 nitrogen and oxygen atoms in total. The molecular weight excluding hydrogens is 320 g/mol. The van der Waals surface area contributed by atoms with Crippen LogP contribution in [-0.4, -0.2) is 15.8 Å². The number of hydrogen-bond acceptors (Lipinski definition) is 2. The standard InChI is InChI=1S/C24H24O2/c1-2-12-24(26)15-19-9-8-18-14-21(25)10-11-22(18)23(19)20(16-24)13-17-6-4-3-5-7-17/h3-7,10-11,14,20,25-26H,8-9,13,15-16H2,1H3/t20-,24-/m0/s1. The Kier molecular flexibility index (Phi) is 4.34. The first-order valence-electron chi connectivity index (χ1n) is 9.32. The summed E-state index contributed by atoms with van der Waals surface area (Å²) >= 11 is 0. The molecular formula is C24H24O2. The molecule has 0 unspecified atom stereocenters. The summed E-state index contributed by atoms with van der Waals surface area (Å²) in [5.41, 5.74) is 5.52. The number of rotatable bonds is 2. The Morgan fingerprint density at radius 1 is 1.12 bits per heavy atom. The van der Waals surface area contributed by atoms with Gasteiger partial charge in [0.2, 0.25) is 0 Å². The molecule has 2 atom stereocenters. The highest BCUT2D eigenvalue weighted by molar-refractivity contribution is 5.77. The zero-order valence-corrected chi connectivity index (χ0v) is 15.1. The summed E-state index contributed by atoms with van der Waals surface area (Å²) < 4.78 is 0. The summed E-state index contributed by atoms with van der Waals surface area (Å²) in [6.07, 6.45) is 4.03. The van der Waals surface area contributed by atoms with Crippen molar-refractivity contribution in [1.29, 1.82) is 0 Å². The van der Waals surface area contributed by atoms with E-state index in [2.05, 4.69) is 36.1 Å². The van der Waals surface area contributed by atoms with Crippen LogP contribution in [0.25, 0.3) is 5.57 Å². The number of phenolic OH excluding ortho intramolecular Hbond substituents is 1. The number of fused-ring (bicyclic) bond motifs is 2. The van der Waals surface area contributed by atoms with Gasteiger partial charge in [0.15, 0.2) is 0 Å². The van der Waals surface area contributed by atoms with Crippen molar-refractivity contribution in [3.63, 3.8) is 0 Å². The van der Waals surface area contributed by atoms with Crippen LogP contribution in [0.15, 0.2) is 54.1 Å². The Labute approximate surface area is 155 Å². The fourth-order valence-corrected chi connectivity index (χ4v) is 4.69. The van der Waals surface area contributed by atoms with Crippen molar-refractivity contribution in [3.8, 4) is 17.6 Å². The Morgan fingerprint density at radius 3 is 2.69 bits per heavy atom. The van der Waals surface area contributed by atoms with E-state index in [1.54, 1.807) is 13.0 Å². The highest BCUT2D eigenvalue weighted by atomic mass is 16.3. The van der Waals surface area contributed by atoms with Gasteiger partial charge in [-0.1, -0.05) is 47.9 Å². The second-order valence-electron chi connectivity index (χ2n) is 7.53. The van der Waals surface area contributed by atoms with Crippen molar-refractivity contribution in [2.24, 2.45) is 5.92 Å². The summed E-state index contributed by atoms with van der Waals surface area (Å²) in [6.45, 7) is 1.80. The molecule has 0 aromatic heterocycles. The lowest BCUT2D eigenvalue weighted by atomic mass is 9.66. The number of hydrogen-bond donors (Lipinski definition) is 2. The van der Waals surface area contributed by atoms with Crippen LogP contribution in [0.5, 0.6) is 5.75 Å². The highest BCUT2D eigenvalue weighted by Crippen LogP contribution is 2.48. The second kappa shape index (κ2) is 6.67. The van der Waals surface area contributed by atoms with Crippen LogP contribution in [-0.2, 0) is 12.8 Å². The Morgan fingerprint density at radius 2 is 1.92 bits per heavy atom. The molecule has 4 rings (SSSR count). The summed E-state index contributed by atoms with van der Waals surface area (Å²) in [7, 11) is 0. The lowest BCUT2D eigenvalue weighted by Crippen LogP contribution is -2.37. The van der Waals surface area contributed by atoms with E-state index < -0.39 is 5.60 Å². The van der Waals surface area contributed by atoms with E-state index >= 15 is 0 Å². The maximum Gasteiger partial charge on any atom is 0.129 e. The van der Waals surface area contributed by atoms with Gasteiger partial charge in [-0.25, -0.2) is 0 Å². The van der Waals surface area contributed by atoms with Crippen LogP contribution in [0.2, 0.25) is 0 Å². The van der Waals surface area contributed by atoms with Gasteiger partial charge in [0.1, 0.15) is 11.4 Å². The largest absolute Gasteiger partial charge is 0.508 e. The second-order valence-corrected chi connectivity index (χ2v) is 7.53. The van der Waals surface area contributed by atoms with Gasteiger partial charge >= 0.3 is 0 Å². The van der Waals surface area contributed by atoms with Gasteiger partial charge in [-0.05, 0) is 72.9 Å². The maximum absolute atomic E-state index is 11.1. The first kappa shape index (κ1) is 16.9. The average molecular weight is 344 g/mol. The van der Waals surface area contributed by atoms with E-state index in [0.29, 0.717) is 18.6 Å². The van der Waals surface area contributed by atoms with Crippen molar-refractivity contribution in [2.45, 2.75) is 44.6 Å². The molecule has 0 radical (unpaired) electrons. The molecule has 132 valence electrons. The monoisotopic (exact) mass is 344 g/mol. The fraction of sp³-hybridized carbons (Fsp3) is 0.333. The molecule has 2 aliphatic carbocycles. The van der Waals surface area contributed by atoms with Crippen LogP contribution in [0.4, 0.5) is 0 Å². The lowest BCUT2D eigenvalue weighted by molar-refractivity contribution is 0.0738. The van der Waals surface area contributed by atoms with Gasteiger partial charge in [-0.2, -0.15) is 0 Å². The number of aryl methyl sites for hydroxylation is 1. The quantitative estimate of drug-likeness (QED) is 0.788. The van der Waals surface area contributed by atoms with Crippen LogP contribution in [0.3, 0.4) is 0 Å². The highest BCUT2D eigenvalue weighted by Gasteiger charge is 2.39. The molecule has 2 heteroatoms.